The van der Waals surface area contributed by atoms with Crippen LogP contribution in [0.25, 0.3) is 0 Å². The van der Waals surface area contributed by atoms with Gasteiger partial charge in [-0.05, 0) is 45.5 Å². The second-order valence-corrected chi connectivity index (χ2v) is 8.08. The number of carbonyl (C=O) groups is 1. The molecule has 2 rings (SSSR count). The van der Waals surface area contributed by atoms with Gasteiger partial charge in [0.15, 0.2) is 0 Å². The molecule has 1 aromatic rings. The predicted octanol–water partition coefficient (Wildman–Crippen LogP) is 3.08. The molecule has 1 aliphatic heterocycles. The van der Waals surface area contributed by atoms with Crippen LogP contribution in [0.1, 0.15) is 32.3 Å². The summed E-state index contributed by atoms with van der Waals surface area (Å²) in [5, 5.41) is 0. The Morgan fingerprint density at radius 1 is 1.27 bits per heavy atom. The van der Waals surface area contributed by atoms with Gasteiger partial charge in [0, 0.05) is 44.2 Å². The highest BCUT2D eigenvalue weighted by Gasteiger charge is 2.25. The summed E-state index contributed by atoms with van der Waals surface area (Å²) in [6.07, 6.45) is 2.24. The first-order valence-corrected chi connectivity index (χ1v) is 9.76. The molecule has 0 aliphatic carbocycles. The van der Waals surface area contributed by atoms with Crippen LogP contribution >= 0.6 is 0 Å². The van der Waals surface area contributed by atoms with Crippen molar-refractivity contribution in [3.63, 3.8) is 0 Å². The monoisotopic (exact) mass is 363 g/mol. The molecule has 0 spiro atoms. The molecule has 0 saturated carbocycles. The molecule has 1 aliphatic rings. The lowest BCUT2D eigenvalue weighted by Gasteiger charge is -2.36. The highest BCUT2D eigenvalue weighted by Crippen LogP contribution is 2.21. The van der Waals surface area contributed by atoms with Crippen LogP contribution in [-0.2, 0) is 11.3 Å². The SMILES string of the molecule is CC(C)C(=O)N(CCN(C)C)C[C@@H]1CCCN(Cc2ccccc2F)C1. The predicted molar refractivity (Wildman–Crippen MR) is 104 cm³/mol. The second kappa shape index (κ2) is 10.0. The molecule has 4 nitrogen and oxygen atoms in total. The third kappa shape index (κ3) is 6.36. The Morgan fingerprint density at radius 3 is 2.65 bits per heavy atom. The first kappa shape index (κ1) is 20.8. The summed E-state index contributed by atoms with van der Waals surface area (Å²) in [6, 6.07) is 7.02. The molecule has 0 radical (unpaired) electrons. The molecule has 5 heteroatoms. The van der Waals surface area contributed by atoms with Crippen LogP contribution in [0.3, 0.4) is 0 Å². The lowest BCUT2D eigenvalue weighted by atomic mass is 9.96. The van der Waals surface area contributed by atoms with E-state index in [1.54, 1.807) is 6.07 Å². The summed E-state index contributed by atoms with van der Waals surface area (Å²) >= 11 is 0. The highest BCUT2D eigenvalue weighted by atomic mass is 19.1. The summed E-state index contributed by atoms with van der Waals surface area (Å²) in [5.41, 5.74) is 0.760. The largest absolute Gasteiger partial charge is 0.341 e. The van der Waals surface area contributed by atoms with Crippen molar-refractivity contribution in [1.29, 1.82) is 0 Å². The molecule has 0 aromatic heterocycles. The van der Waals surface area contributed by atoms with Gasteiger partial charge in [-0.2, -0.15) is 0 Å². The molecular weight excluding hydrogens is 329 g/mol. The van der Waals surface area contributed by atoms with E-state index in [4.69, 9.17) is 0 Å². The number of likely N-dealkylation sites (N-methyl/N-ethyl adjacent to an activating group) is 1. The Hall–Kier alpha value is -1.46. The number of rotatable bonds is 8. The molecule has 0 N–H and O–H groups in total. The van der Waals surface area contributed by atoms with Crippen molar-refractivity contribution < 1.29 is 9.18 Å². The van der Waals surface area contributed by atoms with Gasteiger partial charge in [-0.3, -0.25) is 9.69 Å². The number of hydrogen-bond donors (Lipinski definition) is 0. The van der Waals surface area contributed by atoms with E-state index in [9.17, 15) is 9.18 Å². The number of likely N-dealkylation sites (tertiary alicyclic amines) is 1. The van der Waals surface area contributed by atoms with Crippen LogP contribution in [0.2, 0.25) is 0 Å². The van der Waals surface area contributed by atoms with Gasteiger partial charge in [0.25, 0.3) is 0 Å². The topological polar surface area (TPSA) is 26.8 Å². The van der Waals surface area contributed by atoms with E-state index in [0.29, 0.717) is 12.5 Å². The first-order chi connectivity index (χ1) is 12.4. The maximum atomic E-state index is 13.9. The smallest absolute Gasteiger partial charge is 0.225 e. The summed E-state index contributed by atoms with van der Waals surface area (Å²) in [7, 11) is 4.07. The fraction of sp³-hybridized carbons (Fsp3) is 0.667. The number of nitrogens with zero attached hydrogens (tertiary/aromatic N) is 3. The zero-order chi connectivity index (χ0) is 19.1. The van der Waals surface area contributed by atoms with Gasteiger partial charge in [0.05, 0.1) is 0 Å². The molecule has 1 fully saturated rings. The van der Waals surface area contributed by atoms with Crippen molar-refractivity contribution in [3.05, 3.63) is 35.6 Å². The van der Waals surface area contributed by atoms with E-state index in [1.165, 1.54) is 6.07 Å². The molecule has 26 heavy (non-hydrogen) atoms. The average molecular weight is 364 g/mol. The van der Waals surface area contributed by atoms with Gasteiger partial charge in [0.1, 0.15) is 5.82 Å². The van der Waals surface area contributed by atoms with Crippen LogP contribution < -0.4 is 0 Å². The number of hydrogen-bond acceptors (Lipinski definition) is 3. The minimum atomic E-state index is -0.128. The zero-order valence-electron chi connectivity index (χ0n) is 16.7. The van der Waals surface area contributed by atoms with Crippen LogP contribution in [0.4, 0.5) is 4.39 Å². The van der Waals surface area contributed by atoms with Crippen LogP contribution in [0, 0.1) is 17.7 Å². The third-order valence-corrected chi connectivity index (χ3v) is 5.06. The summed E-state index contributed by atoms with van der Waals surface area (Å²) in [4.78, 5) is 19.1. The van der Waals surface area contributed by atoms with Crippen molar-refractivity contribution in [3.8, 4) is 0 Å². The van der Waals surface area contributed by atoms with Crippen molar-refractivity contribution >= 4 is 5.91 Å². The highest BCUT2D eigenvalue weighted by molar-refractivity contribution is 5.78. The average Bonchev–Trinajstić information content (AvgIpc) is 2.60. The number of piperidine rings is 1. The molecule has 0 unspecified atom stereocenters. The maximum Gasteiger partial charge on any atom is 0.225 e. The van der Waals surface area contributed by atoms with Crippen LogP contribution in [-0.4, -0.2) is 67.4 Å². The maximum absolute atomic E-state index is 13.9. The molecule has 1 aromatic carbocycles. The number of halogens is 1. The van der Waals surface area contributed by atoms with E-state index < -0.39 is 0 Å². The molecular formula is C21H34FN3O. The molecule has 0 bridgehead atoms. The summed E-state index contributed by atoms with van der Waals surface area (Å²) in [5.74, 6) is 0.589. The van der Waals surface area contributed by atoms with Crippen LogP contribution in [0.5, 0.6) is 0 Å². The Bertz CT molecular complexity index is 576. The van der Waals surface area contributed by atoms with Gasteiger partial charge >= 0.3 is 0 Å². The Balaban J connectivity index is 1.95. The van der Waals surface area contributed by atoms with Crippen molar-refractivity contribution in [2.75, 3.05) is 46.8 Å². The summed E-state index contributed by atoms with van der Waals surface area (Å²) in [6.45, 7) is 8.97. The van der Waals surface area contributed by atoms with Crippen molar-refractivity contribution in [2.24, 2.45) is 11.8 Å². The fourth-order valence-electron chi connectivity index (χ4n) is 3.60. The Labute approximate surface area is 158 Å². The van der Waals surface area contributed by atoms with Gasteiger partial charge in [-0.25, -0.2) is 4.39 Å². The third-order valence-electron chi connectivity index (χ3n) is 5.06. The van der Waals surface area contributed by atoms with Gasteiger partial charge in [0.2, 0.25) is 5.91 Å². The van der Waals surface area contributed by atoms with E-state index in [0.717, 1.165) is 51.1 Å². The summed E-state index contributed by atoms with van der Waals surface area (Å²) < 4.78 is 13.9. The lowest BCUT2D eigenvalue weighted by molar-refractivity contribution is -0.135. The minimum absolute atomic E-state index is 0.0234. The van der Waals surface area contributed by atoms with Gasteiger partial charge < -0.3 is 9.80 Å². The lowest BCUT2D eigenvalue weighted by Crippen LogP contribution is -2.45. The first-order valence-electron chi connectivity index (χ1n) is 9.76. The van der Waals surface area contributed by atoms with Gasteiger partial charge in [-0.15, -0.1) is 0 Å². The molecule has 1 heterocycles. The number of carbonyl (C=O) groups excluding carboxylic acids is 1. The van der Waals surface area contributed by atoms with E-state index in [-0.39, 0.29) is 17.6 Å². The number of benzene rings is 1. The van der Waals surface area contributed by atoms with E-state index >= 15 is 0 Å². The minimum Gasteiger partial charge on any atom is -0.341 e. The fourth-order valence-corrected chi connectivity index (χ4v) is 3.60. The second-order valence-electron chi connectivity index (χ2n) is 8.08. The zero-order valence-corrected chi connectivity index (χ0v) is 16.7. The van der Waals surface area contributed by atoms with E-state index in [2.05, 4.69) is 9.80 Å². The van der Waals surface area contributed by atoms with Crippen molar-refractivity contribution in [2.45, 2.75) is 33.2 Å². The number of amides is 1. The Morgan fingerprint density at radius 2 is 2.00 bits per heavy atom. The normalized spacial score (nSPS) is 18.5. The molecule has 1 atom stereocenters. The van der Waals surface area contributed by atoms with E-state index in [1.807, 2.05) is 45.0 Å². The van der Waals surface area contributed by atoms with Crippen molar-refractivity contribution in [1.82, 2.24) is 14.7 Å². The van der Waals surface area contributed by atoms with Crippen LogP contribution in [0.15, 0.2) is 24.3 Å². The molecule has 1 saturated heterocycles. The molecule has 1 amide bonds. The standard InChI is InChI=1S/C21H34FN3O/c1-17(2)21(26)25(13-12-23(3)4)15-18-8-7-11-24(14-18)16-19-9-5-6-10-20(19)22/h5-6,9-10,17-18H,7-8,11-16H2,1-4H3/t18-/m1/s1. The quantitative estimate of drug-likeness (QED) is 0.710. The van der Waals surface area contributed by atoms with Gasteiger partial charge in [-0.1, -0.05) is 32.0 Å². The Kier molecular flexibility index (Phi) is 8.04. The molecule has 146 valence electrons.